The van der Waals surface area contributed by atoms with E-state index in [1.807, 2.05) is 42.5 Å². The number of hydrogen-bond acceptors (Lipinski definition) is 5. The maximum Gasteiger partial charge on any atom is 0.196 e. The molecule has 30 heavy (non-hydrogen) atoms. The van der Waals surface area contributed by atoms with Crippen molar-refractivity contribution in [2.75, 3.05) is 14.2 Å². The lowest BCUT2D eigenvalue weighted by atomic mass is 10.0. The molecule has 0 aliphatic rings. The molecule has 6 heteroatoms. The third-order valence-corrected chi connectivity index (χ3v) is 5.92. The number of aromatic nitrogens is 1. The second kappa shape index (κ2) is 8.69. The lowest BCUT2D eigenvalue weighted by molar-refractivity contribution is 0.105. The van der Waals surface area contributed by atoms with Crippen LogP contribution >= 0.6 is 22.9 Å². The van der Waals surface area contributed by atoms with Crippen LogP contribution in [0.15, 0.2) is 66.7 Å². The van der Waals surface area contributed by atoms with Gasteiger partial charge in [0.15, 0.2) is 17.3 Å². The normalized spacial score (nSPS) is 11.5. The first kappa shape index (κ1) is 20.1. The number of allylic oxidation sites excluding steroid dienone is 1. The van der Waals surface area contributed by atoms with Crippen LogP contribution in [0.2, 0.25) is 5.02 Å². The highest BCUT2D eigenvalue weighted by Crippen LogP contribution is 2.38. The van der Waals surface area contributed by atoms with E-state index in [1.54, 1.807) is 37.5 Å². The monoisotopic (exact) mass is 435 g/mol. The first-order valence-corrected chi connectivity index (χ1v) is 10.4. The van der Waals surface area contributed by atoms with Gasteiger partial charge in [0.2, 0.25) is 0 Å². The van der Waals surface area contributed by atoms with Crippen molar-refractivity contribution in [1.82, 2.24) is 4.98 Å². The number of ketones is 1. The van der Waals surface area contributed by atoms with Crippen molar-refractivity contribution < 1.29 is 14.3 Å². The molecule has 0 unspecified atom stereocenters. The van der Waals surface area contributed by atoms with E-state index in [0.717, 1.165) is 15.8 Å². The van der Waals surface area contributed by atoms with E-state index in [9.17, 15) is 4.79 Å². The Balaban J connectivity index is 1.89. The van der Waals surface area contributed by atoms with Crippen LogP contribution in [0, 0.1) is 0 Å². The van der Waals surface area contributed by atoms with Crippen molar-refractivity contribution in [1.29, 1.82) is 0 Å². The summed E-state index contributed by atoms with van der Waals surface area (Å²) in [4.78, 5) is 18.1. The molecule has 150 valence electrons. The molecule has 0 saturated carbocycles. The number of para-hydroxylation sites is 1. The van der Waals surface area contributed by atoms with Crippen molar-refractivity contribution in [2.45, 2.75) is 0 Å². The zero-order valence-electron chi connectivity index (χ0n) is 16.4. The molecule has 0 amide bonds. The fraction of sp³-hybridized carbons (Fsp3) is 0.0833. The minimum Gasteiger partial charge on any atom is -0.493 e. The van der Waals surface area contributed by atoms with Gasteiger partial charge in [-0.2, -0.15) is 0 Å². The van der Waals surface area contributed by atoms with E-state index in [4.69, 9.17) is 26.1 Å². The average Bonchev–Trinajstić information content (AvgIpc) is 3.21. The van der Waals surface area contributed by atoms with E-state index < -0.39 is 0 Å². The van der Waals surface area contributed by atoms with Crippen LogP contribution in [0.25, 0.3) is 21.9 Å². The minimum absolute atomic E-state index is 0.111. The maximum atomic E-state index is 13.4. The first-order valence-electron chi connectivity index (χ1n) is 9.19. The standard InChI is InChI=1S/C24H18ClNO3S/c1-28-20-14-15(13-18(25)23(20)29-2)12-17(22(27)16-8-4-3-5-9-16)24-26-19-10-6-7-11-21(19)30-24/h3-14H,1-2H3. The number of thiazole rings is 1. The zero-order chi connectivity index (χ0) is 21.1. The predicted molar refractivity (Wildman–Crippen MR) is 123 cm³/mol. The summed E-state index contributed by atoms with van der Waals surface area (Å²) < 4.78 is 11.7. The highest BCUT2D eigenvalue weighted by atomic mass is 35.5. The predicted octanol–water partition coefficient (Wildman–Crippen LogP) is 6.39. The Bertz CT molecular complexity index is 1220. The van der Waals surface area contributed by atoms with Crippen molar-refractivity contribution in [3.05, 3.63) is 87.9 Å². The van der Waals surface area contributed by atoms with E-state index in [0.29, 0.717) is 32.7 Å². The number of ether oxygens (including phenoxy) is 2. The Kier molecular flexibility index (Phi) is 5.84. The quantitative estimate of drug-likeness (QED) is 0.260. The number of fused-ring (bicyclic) bond motifs is 1. The molecule has 0 spiro atoms. The topological polar surface area (TPSA) is 48.4 Å². The van der Waals surface area contributed by atoms with Gasteiger partial charge >= 0.3 is 0 Å². The fourth-order valence-corrected chi connectivity index (χ4v) is 4.42. The number of hydrogen-bond donors (Lipinski definition) is 0. The molecule has 0 bridgehead atoms. The van der Waals surface area contributed by atoms with E-state index in [1.165, 1.54) is 18.4 Å². The number of carbonyl (C=O) groups excluding carboxylic acids is 1. The van der Waals surface area contributed by atoms with Crippen molar-refractivity contribution in [2.24, 2.45) is 0 Å². The molecule has 4 rings (SSSR count). The summed E-state index contributed by atoms with van der Waals surface area (Å²) in [5.41, 5.74) is 2.66. The van der Waals surface area contributed by atoms with Crippen molar-refractivity contribution in [3.63, 3.8) is 0 Å². The fourth-order valence-electron chi connectivity index (χ4n) is 3.14. The largest absolute Gasteiger partial charge is 0.493 e. The summed E-state index contributed by atoms with van der Waals surface area (Å²) in [5.74, 6) is 0.833. The molecule has 0 radical (unpaired) electrons. The SMILES string of the molecule is COc1cc(C=C(C(=O)c2ccccc2)c2nc3ccccc3s2)cc(Cl)c1OC. The molecule has 0 aliphatic carbocycles. The summed E-state index contributed by atoms with van der Waals surface area (Å²) in [7, 11) is 3.08. The molecule has 1 heterocycles. The number of nitrogens with zero attached hydrogens (tertiary/aromatic N) is 1. The molecular weight excluding hydrogens is 418 g/mol. The van der Waals surface area contributed by atoms with Gasteiger partial charge < -0.3 is 9.47 Å². The molecule has 0 saturated heterocycles. The Morgan fingerprint density at radius 1 is 1.00 bits per heavy atom. The number of benzene rings is 3. The lowest BCUT2D eigenvalue weighted by Gasteiger charge is -2.11. The molecule has 4 aromatic rings. The number of Topliss-reactive ketones (excluding diaryl/α,β-unsaturated/α-hetero) is 1. The summed E-state index contributed by atoms with van der Waals surface area (Å²) >= 11 is 7.85. The van der Waals surface area contributed by atoms with Gasteiger partial charge in [-0.05, 0) is 35.9 Å². The summed E-state index contributed by atoms with van der Waals surface area (Å²) in [6, 6.07) is 20.5. The number of carbonyl (C=O) groups is 1. The van der Waals surface area contributed by atoms with Gasteiger partial charge in [0.1, 0.15) is 5.01 Å². The number of rotatable bonds is 6. The third kappa shape index (κ3) is 3.95. The molecule has 1 aromatic heterocycles. The van der Waals surface area contributed by atoms with Gasteiger partial charge in [0, 0.05) is 5.56 Å². The first-order chi connectivity index (χ1) is 14.6. The molecular formula is C24H18ClNO3S. The van der Waals surface area contributed by atoms with E-state index >= 15 is 0 Å². The van der Waals surface area contributed by atoms with Crippen molar-refractivity contribution >= 4 is 50.6 Å². The Labute approximate surface area is 183 Å². The second-order valence-corrected chi connectivity index (χ2v) is 7.92. The van der Waals surface area contributed by atoms with Crippen LogP contribution in [0.1, 0.15) is 20.9 Å². The maximum absolute atomic E-state index is 13.4. The second-order valence-electron chi connectivity index (χ2n) is 6.48. The smallest absolute Gasteiger partial charge is 0.196 e. The number of halogens is 1. The van der Waals surface area contributed by atoms with Crippen LogP contribution in [0.3, 0.4) is 0 Å². The minimum atomic E-state index is -0.111. The molecule has 0 N–H and O–H groups in total. The highest BCUT2D eigenvalue weighted by Gasteiger charge is 2.19. The average molecular weight is 436 g/mol. The molecule has 4 nitrogen and oxygen atoms in total. The van der Waals surface area contributed by atoms with Crippen molar-refractivity contribution in [3.8, 4) is 11.5 Å². The van der Waals surface area contributed by atoms with Crippen LogP contribution in [-0.2, 0) is 0 Å². The Morgan fingerprint density at radius 3 is 2.43 bits per heavy atom. The zero-order valence-corrected chi connectivity index (χ0v) is 18.0. The summed E-state index contributed by atoms with van der Waals surface area (Å²) in [6.07, 6.45) is 1.79. The van der Waals surface area contributed by atoms with Gasteiger partial charge in [0.25, 0.3) is 0 Å². The van der Waals surface area contributed by atoms with Gasteiger partial charge in [-0.15, -0.1) is 11.3 Å². The van der Waals surface area contributed by atoms with Gasteiger partial charge in [-0.1, -0.05) is 54.1 Å². The van der Waals surface area contributed by atoms with Crippen LogP contribution in [-0.4, -0.2) is 25.0 Å². The Hall–Kier alpha value is -3.15. The molecule has 0 aliphatic heterocycles. The Morgan fingerprint density at radius 2 is 1.73 bits per heavy atom. The van der Waals surface area contributed by atoms with Gasteiger partial charge in [0.05, 0.1) is 35.0 Å². The van der Waals surface area contributed by atoms with Gasteiger partial charge in [-0.25, -0.2) is 4.98 Å². The highest BCUT2D eigenvalue weighted by molar-refractivity contribution is 7.20. The van der Waals surface area contributed by atoms with E-state index in [-0.39, 0.29) is 5.78 Å². The van der Waals surface area contributed by atoms with Crippen LogP contribution in [0.4, 0.5) is 0 Å². The van der Waals surface area contributed by atoms with Crippen LogP contribution in [0.5, 0.6) is 11.5 Å². The van der Waals surface area contributed by atoms with Gasteiger partial charge in [-0.3, -0.25) is 4.79 Å². The third-order valence-electron chi connectivity index (χ3n) is 4.57. The lowest BCUT2D eigenvalue weighted by Crippen LogP contribution is -2.02. The van der Waals surface area contributed by atoms with Crippen LogP contribution < -0.4 is 9.47 Å². The van der Waals surface area contributed by atoms with E-state index in [2.05, 4.69) is 0 Å². The molecule has 0 fully saturated rings. The summed E-state index contributed by atoms with van der Waals surface area (Å²) in [5, 5.41) is 1.05. The number of methoxy groups -OCH3 is 2. The summed E-state index contributed by atoms with van der Waals surface area (Å²) in [6.45, 7) is 0. The molecule has 0 atom stereocenters. The molecule has 3 aromatic carbocycles.